The van der Waals surface area contributed by atoms with Crippen LogP contribution >= 0.6 is 15.9 Å². The molecule has 33 heavy (non-hydrogen) atoms. The topological polar surface area (TPSA) is 86.7 Å². The number of imide groups is 1. The Kier molecular flexibility index (Phi) is 4.29. The first-order chi connectivity index (χ1) is 15.9. The number of anilines is 1. The first-order valence-corrected chi connectivity index (χ1v) is 11.5. The van der Waals surface area contributed by atoms with E-state index in [9.17, 15) is 19.5 Å². The first kappa shape index (κ1) is 20.2. The number of aromatic hydroxyl groups is 1. The monoisotopic (exact) mass is 502 g/mol. The number of halogens is 1. The zero-order valence-electron chi connectivity index (χ0n) is 17.4. The minimum Gasteiger partial charge on any atom is -0.508 e. The number of benzene rings is 3. The number of alkyl halides is 1. The Balaban J connectivity index is 1.39. The molecule has 1 fully saturated rings. The quantitative estimate of drug-likeness (QED) is 0.422. The van der Waals surface area contributed by atoms with Crippen molar-refractivity contribution in [3.8, 4) is 5.75 Å². The molecular formula is C26H19BrN2O4. The zero-order chi connectivity index (χ0) is 22.9. The molecule has 3 aliphatic carbocycles. The van der Waals surface area contributed by atoms with Crippen molar-refractivity contribution in [3.63, 3.8) is 0 Å². The molecule has 0 unspecified atom stereocenters. The van der Waals surface area contributed by atoms with Crippen LogP contribution in [0.3, 0.4) is 0 Å². The van der Waals surface area contributed by atoms with E-state index in [1.54, 1.807) is 12.1 Å². The summed E-state index contributed by atoms with van der Waals surface area (Å²) < 4.78 is -0.831. The van der Waals surface area contributed by atoms with Gasteiger partial charge in [-0.3, -0.25) is 19.3 Å². The molecule has 164 valence electrons. The number of phenolic OH excluding ortho intramolecular Hbond substituents is 1. The van der Waals surface area contributed by atoms with Crippen molar-refractivity contribution < 1.29 is 19.5 Å². The number of nitrogens with one attached hydrogen (secondary N) is 1. The molecule has 6 nitrogen and oxygen atoms in total. The fraction of sp³-hybridized carbons (Fsp3) is 0.192. The lowest BCUT2D eigenvalue weighted by molar-refractivity contribution is -0.142. The molecule has 2 N–H and O–H groups in total. The Morgan fingerprint density at radius 2 is 1.58 bits per heavy atom. The summed E-state index contributed by atoms with van der Waals surface area (Å²) in [6, 6.07) is 22.0. The molecule has 1 heterocycles. The van der Waals surface area contributed by atoms with Crippen LogP contribution in [0, 0.1) is 11.8 Å². The van der Waals surface area contributed by atoms with Gasteiger partial charge in [0, 0.05) is 17.7 Å². The van der Waals surface area contributed by atoms with Crippen LogP contribution in [-0.2, 0) is 18.7 Å². The minimum absolute atomic E-state index is 0.0143. The molecule has 0 spiro atoms. The Morgan fingerprint density at radius 3 is 2.21 bits per heavy atom. The van der Waals surface area contributed by atoms with Crippen molar-refractivity contribution in [2.75, 3.05) is 11.9 Å². The van der Waals surface area contributed by atoms with Crippen LogP contribution in [0.25, 0.3) is 0 Å². The maximum absolute atomic E-state index is 13.7. The lowest BCUT2D eigenvalue weighted by atomic mass is 9.55. The summed E-state index contributed by atoms with van der Waals surface area (Å²) in [4.78, 5) is 41.1. The van der Waals surface area contributed by atoms with Crippen LogP contribution in [0.2, 0.25) is 0 Å². The molecule has 1 saturated heterocycles. The first-order valence-electron chi connectivity index (χ1n) is 10.7. The van der Waals surface area contributed by atoms with E-state index in [0.29, 0.717) is 5.69 Å². The van der Waals surface area contributed by atoms with Crippen LogP contribution < -0.4 is 5.32 Å². The fourth-order valence-electron chi connectivity index (χ4n) is 5.82. The van der Waals surface area contributed by atoms with E-state index in [1.165, 1.54) is 12.1 Å². The Morgan fingerprint density at radius 1 is 0.939 bits per heavy atom. The summed E-state index contributed by atoms with van der Waals surface area (Å²) in [6.45, 7) is -0.372. The molecule has 7 heteroatoms. The van der Waals surface area contributed by atoms with Crippen molar-refractivity contribution in [3.05, 3.63) is 95.1 Å². The van der Waals surface area contributed by atoms with Gasteiger partial charge >= 0.3 is 0 Å². The SMILES string of the molecule is O=C(CN1C(=O)[C@@H]2C3c4ccccc4C(Br)(c4ccccc43)[C@H]2C1=O)Nc1cccc(O)c1. The summed E-state index contributed by atoms with van der Waals surface area (Å²) >= 11 is 3.93. The van der Waals surface area contributed by atoms with Gasteiger partial charge in [-0.05, 0) is 34.4 Å². The summed E-state index contributed by atoms with van der Waals surface area (Å²) in [5.74, 6) is -2.59. The summed E-state index contributed by atoms with van der Waals surface area (Å²) in [6.07, 6.45) is 0. The highest BCUT2D eigenvalue weighted by Crippen LogP contribution is 2.66. The molecule has 3 aromatic rings. The molecule has 0 aromatic heterocycles. The molecule has 2 bridgehead atoms. The van der Waals surface area contributed by atoms with E-state index >= 15 is 0 Å². The maximum Gasteiger partial charge on any atom is 0.244 e. The van der Waals surface area contributed by atoms with Crippen molar-refractivity contribution in [2.45, 2.75) is 10.2 Å². The zero-order valence-corrected chi connectivity index (χ0v) is 19.0. The minimum atomic E-state index is -0.831. The van der Waals surface area contributed by atoms with E-state index in [-0.39, 0.29) is 30.0 Å². The van der Waals surface area contributed by atoms with Gasteiger partial charge in [0.1, 0.15) is 12.3 Å². The van der Waals surface area contributed by atoms with Gasteiger partial charge in [-0.15, -0.1) is 0 Å². The molecule has 3 aromatic carbocycles. The lowest BCUT2D eigenvalue weighted by Gasteiger charge is -2.51. The number of likely N-dealkylation sites (tertiary alicyclic amines) is 1. The Labute approximate surface area is 198 Å². The van der Waals surface area contributed by atoms with Gasteiger partial charge in [-0.1, -0.05) is 70.5 Å². The van der Waals surface area contributed by atoms with Gasteiger partial charge in [0.2, 0.25) is 17.7 Å². The standard InChI is InChI=1S/C26H19BrN2O4/c27-26-18-10-3-1-8-16(18)21(17-9-2-4-11-19(17)26)22-23(26)25(33)29(24(22)32)13-20(31)28-14-6-5-7-15(30)12-14/h1-12,21-23,30H,13H2,(H,28,31)/t21?,22-,23-,26?/m1/s1. The molecule has 1 aliphatic heterocycles. The average molecular weight is 503 g/mol. The van der Waals surface area contributed by atoms with Crippen LogP contribution in [0.4, 0.5) is 5.69 Å². The van der Waals surface area contributed by atoms with E-state index in [1.807, 2.05) is 48.5 Å². The molecule has 4 aliphatic rings. The molecule has 0 radical (unpaired) electrons. The number of carbonyl (C=O) groups excluding carboxylic acids is 3. The van der Waals surface area contributed by atoms with E-state index in [2.05, 4.69) is 21.2 Å². The van der Waals surface area contributed by atoms with Crippen molar-refractivity contribution in [1.29, 1.82) is 0 Å². The molecular weight excluding hydrogens is 484 g/mol. The largest absolute Gasteiger partial charge is 0.508 e. The van der Waals surface area contributed by atoms with E-state index in [4.69, 9.17) is 0 Å². The van der Waals surface area contributed by atoms with Crippen molar-refractivity contribution in [1.82, 2.24) is 4.90 Å². The summed E-state index contributed by atoms with van der Waals surface area (Å²) in [5.41, 5.74) is 4.49. The number of phenols is 1. The van der Waals surface area contributed by atoms with Crippen molar-refractivity contribution in [2.24, 2.45) is 11.8 Å². The highest BCUT2D eigenvalue weighted by Gasteiger charge is 2.67. The summed E-state index contributed by atoms with van der Waals surface area (Å²) in [7, 11) is 0. The van der Waals surface area contributed by atoms with Crippen LogP contribution in [0.5, 0.6) is 5.75 Å². The average Bonchev–Trinajstić information content (AvgIpc) is 3.06. The van der Waals surface area contributed by atoms with Crippen LogP contribution in [0.15, 0.2) is 72.8 Å². The van der Waals surface area contributed by atoms with E-state index < -0.39 is 22.1 Å². The maximum atomic E-state index is 13.7. The van der Waals surface area contributed by atoms with Gasteiger partial charge < -0.3 is 10.4 Å². The van der Waals surface area contributed by atoms with Gasteiger partial charge in [-0.2, -0.15) is 0 Å². The normalized spacial score (nSPS) is 26.6. The predicted octanol–water partition coefficient (Wildman–Crippen LogP) is 3.73. The van der Waals surface area contributed by atoms with Gasteiger partial charge in [0.05, 0.1) is 16.2 Å². The van der Waals surface area contributed by atoms with Gasteiger partial charge in [0.25, 0.3) is 0 Å². The fourth-order valence-corrected chi connectivity index (χ4v) is 7.03. The van der Waals surface area contributed by atoms with Crippen molar-refractivity contribution >= 4 is 39.3 Å². The van der Waals surface area contributed by atoms with Crippen LogP contribution in [-0.4, -0.2) is 34.3 Å². The number of rotatable bonds is 3. The number of amides is 3. The Hall–Kier alpha value is -3.45. The molecule has 2 atom stereocenters. The summed E-state index contributed by atoms with van der Waals surface area (Å²) in [5, 5.41) is 12.3. The van der Waals surface area contributed by atoms with E-state index in [0.717, 1.165) is 27.2 Å². The third-order valence-electron chi connectivity index (χ3n) is 7.04. The Bertz CT molecular complexity index is 1310. The number of hydrogen-bond donors (Lipinski definition) is 2. The number of nitrogens with zero attached hydrogens (tertiary/aromatic N) is 1. The van der Waals surface area contributed by atoms with Crippen LogP contribution in [0.1, 0.15) is 28.2 Å². The third-order valence-corrected chi connectivity index (χ3v) is 8.38. The second-order valence-corrected chi connectivity index (χ2v) is 9.98. The second kappa shape index (κ2) is 7.02. The number of hydrogen-bond acceptors (Lipinski definition) is 4. The third kappa shape index (κ3) is 2.69. The molecule has 3 amide bonds. The lowest BCUT2D eigenvalue weighted by Crippen LogP contribution is -2.50. The highest BCUT2D eigenvalue weighted by molar-refractivity contribution is 9.09. The number of carbonyl (C=O) groups is 3. The molecule has 7 rings (SSSR count). The second-order valence-electron chi connectivity index (χ2n) is 8.73. The highest BCUT2D eigenvalue weighted by atomic mass is 79.9. The van der Waals surface area contributed by atoms with Gasteiger partial charge in [-0.25, -0.2) is 0 Å². The molecule has 0 saturated carbocycles. The smallest absolute Gasteiger partial charge is 0.244 e. The predicted molar refractivity (Wildman–Crippen MR) is 125 cm³/mol. The van der Waals surface area contributed by atoms with Gasteiger partial charge in [0.15, 0.2) is 0 Å².